The molecule has 5 nitrogen and oxygen atoms in total. The number of aryl methyl sites for hydroxylation is 2. The van der Waals surface area contributed by atoms with E-state index < -0.39 is 10.0 Å². The van der Waals surface area contributed by atoms with E-state index in [0.29, 0.717) is 41.5 Å². The lowest BCUT2D eigenvalue weighted by molar-refractivity contribution is -0.120. The maximum absolute atomic E-state index is 12.8. The molecule has 3 rings (SSSR count). The average Bonchev–Trinajstić information content (AvgIpc) is 2.67. The van der Waals surface area contributed by atoms with Crippen molar-refractivity contribution in [2.75, 3.05) is 18.4 Å². The molecule has 1 aliphatic rings. The summed E-state index contributed by atoms with van der Waals surface area (Å²) in [6.07, 6.45) is 0.995. The highest BCUT2D eigenvalue weighted by atomic mass is 35.5. The minimum atomic E-state index is -3.49. The van der Waals surface area contributed by atoms with Crippen LogP contribution in [0.1, 0.15) is 29.5 Å². The van der Waals surface area contributed by atoms with Crippen molar-refractivity contribution in [3.63, 3.8) is 0 Å². The van der Waals surface area contributed by atoms with E-state index >= 15 is 0 Å². The van der Waals surface area contributed by atoms with Gasteiger partial charge >= 0.3 is 0 Å². The summed E-state index contributed by atoms with van der Waals surface area (Å²) in [6, 6.07) is 10.8. The molecule has 0 radical (unpaired) electrons. The van der Waals surface area contributed by atoms with Crippen molar-refractivity contribution in [2.24, 2.45) is 5.92 Å². The molecule has 0 aliphatic carbocycles. The van der Waals surface area contributed by atoms with Crippen molar-refractivity contribution in [1.82, 2.24) is 4.31 Å². The summed E-state index contributed by atoms with van der Waals surface area (Å²) in [4.78, 5) is 12.6. The van der Waals surface area contributed by atoms with Crippen molar-refractivity contribution in [3.05, 3.63) is 63.1 Å². The Hall–Kier alpha value is -1.60. The topological polar surface area (TPSA) is 66.5 Å². The van der Waals surface area contributed by atoms with E-state index in [2.05, 4.69) is 5.32 Å². The van der Waals surface area contributed by atoms with Crippen LogP contribution in [0, 0.1) is 19.8 Å². The molecule has 2 aromatic carbocycles. The second-order valence-corrected chi connectivity index (χ2v) is 10.3. The van der Waals surface area contributed by atoms with Gasteiger partial charge in [0.15, 0.2) is 0 Å². The first-order valence-corrected chi connectivity index (χ1v) is 11.8. The van der Waals surface area contributed by atoms with Crippen LogP contribution in [-0.2, 0) is 20.6 Å². The summed E-state index contributed by atoms with van der Waals surface area (Å²) in [6.45, 7) is 4.59. The molecule has 1 aliphatic heterocycles. The number of halogens is 2. The zero-order chi connectivity index (χ0) is 21.2. The summed E-state index contributed by atoms with van der Waals surface area (Å²) in [7, 11) is -3.49. The second-order valence-electron chi connectivity index (χ2n) is 7.49. The van der Waals surface area contributed by atoms with Gasteiger partial charge in [-0.3, -0.25) is 4.79 Å². The zero-order valence-electron chi connectivity index (χ0n) is 16.4. The third-order valence-corrected chi connectivity index (χ3v) is 7.79. The maximum Gasteiger partial charge on any atom is 0.227 e. The molecule has 1 saturated heterocycles. The Morgan fingerprint density at radius 2 is 1.76 bits per heavy atom. The molecule has 0 saturated carbocycles. The van der Waals surface area contributed by atoms with Gasteiger partial charge in [0.1, 0.15) is 0 Å². The first-order chi connectivity index (χ1) is 13.7. The highest BCUT2D eigenvalue weighted by Gasteiger charge is 2.31. The molecule has 0 aromatic heterocycles. The Balaban J connectivity index is 1.59. The van der Waals surface area contributed by atoms with Crippen molar-refractivity contribution in [2.45, 2.75) is 32.4 Å². The zero-order valence-corrected chi connectivity index (χ0v) is 18.7. The van der Waals surface area contributed by atoms with Gasteiger partial charge in [-0.1, -0.05) is 41.4 Å². The molecule has 0 atom stereocenters. The van der Waals surface area contributed by atoms with Crippen LogP contribution >= 0.6 is 23.2 Å². The minimum Gasteiger partial charge on any atom is -0.326 e. The Bertz CT molecular complexity index is 1020. The molecular weight excluding hydrogens is 431 g/mol. The van der Waals surface area contributed by atoms with Crippen molar-refractivity contribution >= 4 is 44.8 Å². The molecule has 8 heteroatoms. The SMILES string of the molecule is Cc1ccc(C)c(NC(=O)C2CCN(S(=O)(=O)Cc3ccc(Cl)c(Cl)c3)CC2)c1. The van der Waals surface area contributed by atoms with E-state index in [9.17, 15) is 13.2 Å². The number of carbonyl (C=O) groups excluding carboxylic acids is 1. The lowest BCUT2D eigenvalue weighted by atomic mass is 9.97. The van der Waals surface area contributed by atoms with Crippen LogP contribution < -0.4 is 5.32 Å². The van der Waals surface area contributed by atoms with E-state index in [-0.39, 0.29) is 17.6 Å². The first kappa shape index (κ1) is 22.1. The lowest BCUT2D eigenvalue weighted by Crippen LogP contribution is -2.41. The highest BCUT2D eigenvalue weighted by Crippen LogP contribution is 2.27. The van der Waals surface area contributed by atoms with Crippen LogP contribution in [0.15, 0.2) is 36.4 Å². The van der Waals surface area contributed by atoms with E-state index in [1.807, 2.05) is 32.0 Å². The normalized spacial score (nSPS) is 16.0. The van der Waals surface area contributed by atoms with Crippen molar-refractivity contribution < 1.29 is 13.2 Å². The maximum atomic E-state index is 12.8. The van der Waals surface area contributed by atoms with Crippen LogP contribution in [0.25, 0.3) is 0 Å². The Kier molecular flexibility index (Phi) is 6.89. The fraction of sp³-hybridized carbons (Fsp3) is 0.381. The van der Waals surface area contributed by atoms with E-state index in [1.165, 1.54) is 4.31 Å². The van der Waals surface area contributed by atoms with Crippen LogP contribution in [0.3, 0.4) is 0 Å². The lowest BCUT2D eigenvalue weighted by Gasteiger charge is -2.30. The quantitative estimate of drug-likeness (QED) is 0.705. The number of benzene rings is 2. The summed E-state index contributed by atoms with van der Waals surface area (Å²) in [5.41, 5.74) is 3.48. The number of anilines is 1. The smallest absolute Gasteiger partial charge is 0.227 e. The van der Waals surface area contributed by atoms with Gasteiger partial charge in [-0.05, 0) is 61.6 Å². The molecule has 2 aromatic rings. The molecular formula is C21H24Cl2N2O3S. The molecule has 29 heavy (non-hydrogen) atoms. The number of carbonyl (C=O) groups is 1. The average molecular weight is 455 g/mol. The largest absolute Gasteiger partial charge is 0.326 e. The molecule has 156 valence electrons. The standard InChI is InChI=1S/C21H24Cl2N2O3S/c1-14-3-4-15(2)20(11-14)24-21(26)17-7-9-25(10-8-17)29(27,28)13-16-5-6-18(22)19(23)12-16/h3-6,11-12,17H,7-10,13H2,1-2H3,(H,24,26). The molecule has 0 unspecified atom stereocenters. The number of piperidine rings is 1. The van der Waals surface area contributed by atoms with Crippen LogP contribution in [-0.4, -0.2) is 31.7 Å². The number of hydrogen-bond acceptors (Lipinski definition) is 3. The minimum absolute atomic E-state index is 0.0553. The number of nitrogens with zero attached hydrogens (tertiary/aromatic N) is 1. The molecule has 1 amide bonds. The number of hydrogen-bond donors (Lipinski definition) is 1. The molecule has 1 N–H and O–H groups in total. The monoisotopic (exact) mass is 454 g/mol. The predicted octanol–water partition coefficient (Wildman–Crippen LogP) is 4.79. The van der Waals surface area contributed by atoms with Gasteiger partial charge in [0.2, 0.25) is 15.9 Å². The third-order valence-electron chi connectivity index (χ3n) is 5.20. The summed E-state index contributed by atoms with van der Waals surface area (Å²) in [5, 5.41) is 3.72. The first-order valence-electron chi connectivity index (χ1n) is 9.45. The Labute approximate surface area is 182 Å². The Morgan fingerprint density at radius 3 is 2.41 bits per heavy atom. The van der Waals surface area contributed by atoms with Gasteiger partial charge in [0.25, 0.3) is 0 Å². The van der Waals surface area contributed by atoms with Gasteiger partial charge in [0, 0.05) is 24.7 Å². The fourth-order valence-corrected chi connectivity index (χ4v) is 5.30. The number of rotatable bonds is 5. The second kappa shape index (κ2) is 9.04. The third kappa shape index (κ3) is 5.51. The van der Waals surface area contributed by atoms with Crippen molar-refractivity contribution in [1.29, 1.82) is 0 Å². The van der Waals surface area contributed by atoms with E-state index in [1.54, 1.807) is 18.2 Å². The molecule has 0 bridgehead atoms. The number of nitrogens with one attached hydrogen (secondary N) is 1. The van der Waals surface area contributed by atoms with Gasteiger partial charge in [-0.2, -0.15) is 0 Å². The summed E-state index contributed by atoms with van der Waals surface area (Å²) >= 11 is 11.9. The summed E-state index contributed by atoms with van der Waals surface area (Å²) in [5.74, 6) is -0.393. The van der Waals surface area contributed by atoms with Crippen LogP contribution in [0.4, 0.5) is 5.69 Å². The fourth-order valence-electron chi connectivity index (χ4n) is 3.43. The summed E-state index contributed by atoms with van der Waals surface area (Å²) < 4.78 is 27.0. The van der Waals surface area contributed by atoms with E-state index in [4.69, 9.17) is 23.2 Å². The molecule has 0 spiro atoms. The Morgan fingerprint density at radius 1 is 1.07 bits per heavy atom. The van der Waals surface area contributed by atoms with Gasteiger partial charge in [-0.15, -0.1) is 0 Å². The highest BCUT2D eigenvalue weighted by molar-refractivity contribution is 7.88. The number of amides is 1. The van der Waals surface area contributed by atoms with Crippen LogP contribution in [0.5, 0.6) is 0 Å². The number of sulfonamides is 1. The van der Waals surface area contributed by atoms with Gasteiger partial charge in [-0.25, -0.2) is 12.7 Å². The van der Waals surface area contributed by atoms with Gasteiger partial charge in [0.05, 0.1) is 15.8 Å². The molecule has 1 fully saturated rings. The van der Waals surface area contributed by atoms with Crippen molar-refractivity contribution in [3.8, 4) is 0 Å². The van der Waals surface area contributed by atoms with Gasteiger partial charge < -0.3 is 5.32 Å². The van der Waals surface area contributed by atoms with Crippen LogP contribution in [0.2, 0.25) is 10.0 Å². The van der Waals surface area contributed by atoms with E-state index in [0.717, 1.165) is 16.8 Å². The molecule has 1 heterocycles. The predicted molar refractivity (Wildman–Crippen MR) is 118 cm³/mol.